The Balaban J connectivity index is 1.47. The lowest BCUT2D eigenvalue weighted by atomic mass is 10.1. The van der Waals surface area contributed by atoms with Crippen molar-refractivity contribution in [1.29, 1.82) is 0 Å². The first-order valence-corrected chi connectivity index (χ1v) is 12.1. The zero-order valence-electron chi connectivity index (χ0n) is 18.4. The molecule has 0 fully saturated rings. The van der Waals surface area contributed by atoms with Crippen LogP contribution in [0.5, 0.6) is 0 Å². The van der Waals surface area contributed by atoms with E-state index < -0.39 is 0 Å². The number of imidazole rings is 1. The van der Waals surface area contributed by atoms with Gasteiger partial charge in [-0.25, -0.2) is 4.98 Å². The molecule has 6 nitrogen and oxygen atoms in total. The van der Waals surface area contributed by atoms with Gasteiger partial charge in [0, 0.05) is 10.6 Å². The number of benzene rings is 3. The Hall–Kier alpha value is -3.55. The summed E-state index contributed by atoms with van der Waals surface area (Å²) in [7, 11) is 0. The lowest BCUT2D eigenvalue weighted by Crippen LogP contribution is -2.43. The van der Waals surface area contributed by atoms with Crippen molar-refractivity contribution in [2.45, 2.75) is 12.1 Å². The summed E-state index contributed by atoms with van der Waals surface area (Å²) < 4.78 is 2.06. The third kappa shape index (κ3) is 4.32. The molecule has 34 heavy (non-hydrogen) atoms. The van der Waals surface area contributed by atoms with Crippen LogP contribution in [0, 0.1) is 6.92 Å². The zero-order chi connectivity index (χ0) is 23.7. The third-order valence-corrected chi connectivity index (χ3v) is 6.81. The van der Waals surface area contributed by atoms with Crippen molar-refractivity contribution < 1.29 is 9.59 Å². The summed E-state index contributed by atoms with van der Waals surface area (Å²) >= 11 is 7.44. The minimum atomic E-state index is -0.205. The molecule has 3 aromatic carbocycles. The lowest BCUT2D eigenvalue weighted by molar-refractivity contribution is -0.120. The lowest BCUT2D eigenvalue weighted by Gasteiger charge is -2.29. The van der Waals surface area contributed by atoms with Gasteiger partial charge in [-0.1, -0.05) is 65.8 Å². The molecule has 5 rings (SSSR count). The molecule has 0 radical (unpaired) electrons. The maximum atomic E-state index is 13.2. The van der Waals surface area contributed by atoms with E-state index in [0.29, 0.717) is 21.6 Å². The van der Waals surface area contributed by atoms with Crippen LogP contribution >= 0.6 is 23.4 Å². The second-order valence-electron chi connectivity index (χ2n) is 7.89. The van der Waals surface area contributed by atoms with Crippen LogP contribution in [0.4, 0.5) is 11.4 Å². The Morgan fingerprint density at radius 1 is 1.03 bits per heavy atom. The molecule has 2 amide bonds. The summed E-state index contributed by atoms with van der Waals surface area (Å²) in [5.74, 6) is -0.215. The summed E-state index contributed by atoms with van der Waals surface area (Å²) in [6.07, 6.45) is 1.81. The predicted molar refractivity (Wildman–Crippen MR) is 137 cm³/mol. The first-order chi connectivity index (χ1) is 16.5. The molecular formula is C26H21ClN4O2S. The standard InChI is InChI=1S/C26H21ClN4O2S/c1-17-6-2-4-8-21(17)31-23(18-10-12-19(27)13-11-18)14-28-26(31)34-16-25(33)30-15-24(32)29-20-7-3-5-9-22(20)30/h2-14H,15-16H2,1H3,(H,29,32). The highest BCUT2D eigenvalue weighted by molar-refractivity contribution is 7.99. The Bertz CT molecular complexity index is 1380. The molecule has 170 valence electrons. The van der Waals surface area contributed by atoms with E-state index in [9.17, 15) is 9.59 Å². The van der Waals surface area contributed by atoms with Crippen LogP contribution in [0.25, 0.3) is 16.9 Å². The fraction of sp³-hybridized carbons (Fsp3) is 0.115. The molecule has 0 atom stereocenters. The van der Waals surface area contributed by atoms with Crippen molar-refractivity contribution in [2.24, 2.45) is 0 Å². The van der Waals surface area contributed by atoms with Crippen LogP contribution in [0.1, 0.15) is 5.56 Å². The SMILES string of the molecule is Cc1ccccc1-n1c(-c2ccc(Cl)cc2)cnc1SCC(=O)N1CC(=O)Nc2ccccc21. The topological polar surface area (TPSA) is 67.2 Å². The van der Waals surface area contributed by atoms with E-state index in [1.165, 1.54) is 16.7 Å². The maximum absolute atomic E-state index is 13.2. The second kappa shape index (κ2) is 9.37. The minimum Gasteiger partial charge on any atom is -0.323 e. The van der Waals surface area contributed by atoms with Crippen LogP contribution in [0.3, 0.4) is 0 Å². The normalized spacial score (nSPS) is 12.9. The molecule has 1 N–H and O–H groups in total. The second-order valence-corrected chi connectivity index (χ2v) is 9.27. The molecule has 8 heteroatoms. The number of nitrogens with one attached hydrogen (secondary N) is 1. The fourth-order valence-electron chi connectivity index (χ4n) is 3.97. The number of aromatic nitrogens is 2. The number of hydrogen-bond acceptors (Lipinski definition) is 4. The van der Waals surface area contributed by atoms with Crippen molar-refractivity contribution in [3.8, 4) is 16.9 Å². The van der Waals surface area contributed by atoms with Gasteiger partial charge in [0.2, 0.25) is 11.8 Å². The average molecular weight is 489 g/mol. The van der Waals surface area contributed by atoms with Gasteiger partial charge in [-0.05, 0) is 42.8 Å². The highest BCUT2D eigenvalue weighted by Gasteiger charge is 2.27. The van der Waals surface area contributed by atoms with Gasteiger partial charge in [-0.2, -0.15) is 0 Å². The Kier molecular flexibility index (Phi) is 6.13. The van der Waals surface area contributed by atoms with E-state index >= 15 is 0 Å². The van der Waals surface area contributed by atoms with Crippen molar-refractivity contribution in [3.63, 3.8) is 0 Å². The van der Waals surface area contributed by atoms with Crippen molar-refractivity contribution in [3.05, 3.63) is 89.6 Å². The number of thioether (sulfide) groups is 1. The zero-order valence-corrected chi connectivity index (χ0v) is 19.9. The molecule has 1 aromatic heterocycles. The Labute approximate surface area is 206 Å². The van der Waals surface area contributed by atoms with Gasteiger partial charge in [0.05, 0.1) is 34.7 Å². The van der Waals surface area contributed by atoms with Crippen LogP contribution in [0.2, 0.25) is 5.02 Å². The van der Waals surface area contributed by atoms with Gasteiger partial charge in [0.1, 0.15) is 6.54 Å². The number of amides is 2. The monoisotopic (exact) mass is 488 g/mol. The third-order valence-electron chi connectivity index (χ3n) is 5.62. The first kappa shape index (κ1) is 22.3. The molecule has 0 bridgehead atoms. The number of carbonyl (C=O) groups excluding carboxylic acids is 2. The number of rotatable bonds is 5. The molecule has 0 aliphatic carbocycles. The average Bonchev–Trinajstić information content (AvgIpc) is 3.26. The molecule has 0 saturated carbocycles. The molecule has 1 aliphatic heterocycles. The molecule has 1 aliphatic rings. The number of anilines is 2. The smallest absolute Gasteiger partial charge is 0.244 e. The molecule has 2 heterocycles. The van der Waals surface area contributed by atoms with Gasteiger partial charge in [0.25, 0.3) is 0 Å². The predicted octanol–water partition coefficient (Wildman–Crippen LogP) is 5.58. The molecule has 0 saturated heterocycles. The summed E-state index contributed by atoms with van der Waals surface area (Å²) in [5.41, 5.74) is 5.30. The van der Waals surface area contributed by atoms with E-state index in [2.05, 4.69) is 14.9 Å². The summed E-state index contributed by atoms with van der Waals surface area (Å²) in [6.45, 7) is 2.04. The summed E-state index contributed by atoms with van der Waals surface area (Å²) in [6, 6.07) is 23.0. The number of carbonyl (C=O) groups is 2. The van der Waals surface area contributed by atoms with E-state index in [4.69, 9.17) is 11.6 Å². The van der Waals surface area contributed by atoms with Gasteiger partial charge >= 0.3 is 0 Å². The molecule has 4 aromatic rings. The van der Waals surface area contributed by atoms with E-state index in [-0.39, 0.29) is 24.1 Å². The minimum absolute atomic E-state index is 0.00132. The van der Waals surface area contributed by atoms with E-state index in [1.807, 2.05) is 79.9 Å². The van der Waals surface area contributed by atoms with Crippen LogP contribution in [-0.2, 0) is 9.59 Å². The summed E-state index contributed by atoms with van der Waals surface area (Å²) in [4.78, 5) is 31.5. The Morgan fingerprint density at radius 3 is 2.50 bits per heavy atom. The molecular weight excluding hydrogens is 468 g/mol. The fourth-order valence-corrected chi connectivity index (χ4v) is 4.96. The number of fused-ring (bicyclic) bond motifs is 1. The van der Waals surface area contributed by atoms with Gasteiger partial charge in [0.15, 0.2) is 5.16 Å². The quantitative estimate of drug-likeness (QED) is 0.372. The van der Waals surface area contributed by atoms with E-state index in [1.54, 1.807) is 6.07 Å². The van der Waals surface area contributed by atoms with Crippen molar-refractivity contribution >= 4 is 46.6 Å². The van der Waals surface area contributed by atoms with Gasteiger partial charge < -0.3 is 10.2 Å². The van der Waals surface area contributed by atoms with Crippen LogP contribution in [-0.4, -0.2) is 33.7 Å². The number of nitrogens with zero attached hydrogens (tertiary/aromatic N) is 3. The highest BCUT2D eigenvalue weighted by atomic mass is 35.5. The van der Waals surface area contributed by atoms with Gasteiger partial charge in [-0.15, -0.1) is 0 Å². The Morgan fingerprint density at radius 2 is 1.74 bits per heavy atom. The first-order valence-electron chi connectivity index (χ1n) is 10.7. The number of aryl methyl sites for hydroxylation is 1. The van der Waals surface area contributed by atoms with E-state index in [0.717, 1.165) is 22.5 Å². The van der Waals surface area contributed by atoms with Crippen molar-refractivity contribution in [1.82, 2.24) is 9.55 Å². The molecule has 0 unspecified atom stereocenters. The van der Waals surface area contributed by atoms with Crippen LogP contribution < -0.4 is 10.2 Å². The molecule has 0 spiro atoms. The van der Waals surface area contributed by atoms with Crippen molar-refractivity contribution in [2.75, 3.05) is 22.5 Å². The number of halogens is 1. The largest absolute Gasteiger partial charge is 0.323 e. The maximum Gasteiger partial charge on any atom is 0.244 e. The summed E-state index contributed by atoms with van der Waals surface area (Å²) in [5, 5.41) is 4.18. The number of hydrogen-bond donors (Lipinski definition) is 1. The highest BCUT2D eigenvalue weighted by Crippen LogP contribution is 2.33. The number of para-hydroxylation sites is 3. The van der Waals surface area contributed by atoms with Crippen LogP contribution in [0.15, 0.2) is 84.1 Å². The van der Waals surface area contributed by atoms with Gasteiger partial charge in [-0.3, -0.25) is 14.2 Å².